The fourth-order valence-electron chi connectivity index (χ4n) is 8.57. The van der Waals surface area contributed by atoms with E-state index in [9.17, 15) is 0 Å². The van der Waals surface area contributed by atoms with Gasteiger partial charge in [0.1, 0.15) is 0 Å². The summed E-state index contributed by atoms with van der Waals surface area (Å²) in [4.78, 5) is 15.3. The Morgan fingerprint density at radius 1 is 0.417 bits per heavy atom. The zero-order chi connectivity index (χ0) is 43.9. The monoisotopic (exact) mass is 787 g/mol. The van der Waals surface area contributed by atoms with E-state index < -0.39 is 18.1 Å². The molecule has 12 rings (SSSR count). The van der Waals surface area contributed by atoms with Gasteiger partial charge in [0.15, 0.2) is 17.5 Å². The Morgan fingerprint density at radius 2 is 1.07 bits per heavy atom. The molecule has 0 saturated heterocycles. The standard InChI is InChI=1S/C55H34N4S/c1-3-15-35(16-4-1)39-21-13-22-40(31-39)43-25-14-28-50-51(43)46-33-42(59-48-26-11-9-23-44(48)45-24-10-12-27-49(45)59)34-47(52(46)60-50)55-57-53(37-18-5-2-6-19-37)56-54(58-55)41-30-29-36-17-7-8-20-38(36)32-41/h1-34H/i2D,5D,6D,18D,19D. The molecule has 0 N–H and O–H groups in total. The summed E-state index contributed by atoms with van der Waals surface area (Å²) in [6.45, 7) is 0. The van der Waals surface area contributed by atoms with Crippen LogP contribution < -0.4 is 0 Å². The van der Waals surface area contributed by atoms with E-state index in [-0.39, 0.29) is 23.5 Å². The highest BCUT2D eigenvalue weighted by atomic mass is 32.1. The van der Waals surface area contributed by atoms with E-state index in [2.05, 4.69) is 132 Å². The van der Waals surface area contributed by atoms with Crippen molar-refractivity contribution in [2.45, 2.75) is 0 Å². The van der Waals surface area contributed by atoms with Gasteiger partial charge < -0.3 is 4.57 Å². The van der Waals surface area contributed by atoms with E-state index in [1.54, 1.807) is 11.3 Å². The van der Waals surface area contributed by atoms with E-state index >= 15 is 0 Å². The van der Waals surface area contributed by atoms with Crippen LogP contribution in [-0.4, -0.2) is 19.5 Å². The predicted octanol–water partition coefficient (Wildman–Crippen LogP) is 14.8. The lowest BCUT2D eigenvalue weighted by Gasteiger charge is -2.14. The summed E-state index contributed by atoms with van der Waals surface area (Å²) in [6.07, 6.45) is 0. The highest BCUT2D eigenvalue weighted by Gasteiger charge is 2.22. The molecule has 0 aliphatic heterocycles. The van der Waals surface area contributed by atoms with Gasteiger partial charge in [0.05, 0.1) is 17.9 Å². The van der Waals surface area contributed by atoms with Crippen LogP contribution in [0.2, 0.25) is 0 Å². The number of thiophene rings is 1. The Bertz CT molecular complexity index is 3840. The number of aromatic nitrogens is 4. The van der Waals surface area contributed by atoms with Gasteiger partial charge in [-0.1, -0.05) is 164 Å². The Hall–Kier alpha value is -7.73. The van der Waals surface area contributed by atoms with Crippen molar-refractivity contribution < 1.29 is 6.85 Å². The van der Waals surface area contributed by atoms with Crippen LogP contribution in [0.4, 0.5) is 0 Å². The van der Waals surface area contributed by atoms with E-state index in [0.717, 1.165) is 86.3 Å². The molecule has 9 aromatic carbocycles. The second kappa shape index (κ2) is 14.0. The summed E-state index contributed by atoms with van der Waals surface area (Å²) in [5, 5.41) is 6.39. The molecule has 3 aromatic heterocycles. The summed E-state index contributed by atoms with van der Waals surface area (Å²) >= 11 is 1.66. The maximum Gasteiger partial charge on any atom is 0.165 e. The number of fused-ring (bicyclic) bond motifs is 7. The molecule has 60 heavy (non-hydrogen) atoms. The lowest BCUT2D eigenvalue weighted by molar-refractivity contribution is 1.08. The summed E-state index contributed by atoms with van der Waals surface area (Å²) in [7, 11) is 0. The second-order valence-corrected chi connectivity index (χ2v) is 15.9. The third kappa shape index (κ3) is 5.70. The lowest BCUT2D eigenvalue weighted by atomic mass is 9.95. The molecule has 280 valence electrons. The first-order chi connectivity index (χ1) is 31.8. The van der Waals surface area contributed by atoms with Gasteiger partial charge in [0, 0.05) is 53.3 Å². The fourth-order valence-corrected chi connectivity index (χ4v) is 9.79. The van der Waals surface area contributed by atoms with Gasteiger partial charge in [-0.25, -0.2) is 15.0 Å². The quantitative estimate of drug-likeness (QED) is 0.169. The minimum absolute atomic E-state index is 0.00916. The minimum atomic E-state index is -0.483. The molecule has 0 radical (unpaired) electrons. The van der Waals surface area contributed by atoms with Crippen molar-refractivity contribution in [3.63, 3.8) is 0 Å². The van der Waals surface area contributed by atoms with E-state index in [0.29, 0.717) is 17.2 Å². The molecule has 4 nitrogen and oxygen atoms in total. The smallest absolute Gasteiger partial charge is 0.165 e. The average molecular weight is 788 g/mol. The Kier molecular flexibility index (Phi) is 6.87. The van der Waals surface area contributed by atoms with Crippen LogP contribution in [0.15, 0.2) is 206 Å². The van der Waals surface area contributed by atoms with Crippen LogP contribution in [-0.2, 0) is 0 Å². The first-order valence-electron chi connectivity index (χ1n) is 22.3. The van der Waals surface area contributed by atoms with Crippen LogP contribution >= 0.6 is 11.3 Å². The van der Waals surface area contributed by atoms with Gasteiger partial charge in [-0.3, -0.25) is 0 Å². The van der Waals surface area contributed by atoms with Crippen LogP contribution in [0, 0.1) is 0 Å². The molecule has 0 atom stereocenters. The summed E-state index contributed by atoms with van der Waals surface area (Å²) < 4.78 is 47.9. The molecule has 5 heteroatoms. The van der Waals surface area contributed by atoms with Gasteiger partial charge >= 0.3 is 0 Å². The van der Waals surface area contributed by atoms with Crippen molar-refractivity contribution in [2.75, 3.05) is 0 Å². The van der Waals surface area contributed by atoms with Crippen molar-refractivity contribution in [3.8, 4) is 62.1 Å². The van der Waals surface area contributed by atoms with Crippen molar-refractivity contribution in [1.29, 1.82) is 0 Å². The third-order valence-corrected chi connectivity index (χ3v) is 12.5. The molecule has 0 aliphatic carbocycles. The number of para-hydroxylation sites is 2. The highest BCUT2D eigenvalue weighted by Crippen LogP contribution is 2.46. The average Bonchev–Trinajstić information content (AvgIpc) is 3.91. The second-order valence-electron chi connectivity index (χ2n) is 14.8. The normalized spacial score (nSPS) is 12.8. The first kappa shape index (κ1) is 29.5. The molecule has 0 unspecified atom stereocenters. The van der Waals surface area contributed by atoms with Crippen molar-refractivity contribution in [1.82, 2.24) is 19.5 Å². The Labute approximate surface area is 357 Å². The Balaban J connectivity index is 1.19. The summed E-state index contributed by atoms with van der Waals surface area (Å²) in [5.41, 5.74) is 8.76. The number of rotatable bonds is 6. The molecule has 12 aromatic rings. The zero-order valence-corrected chi connectivity index (χ0v) is 32.8. The number of hydrogen-bond donors (Lipinski definition) is 0. The largest absolute Gasteiger partial charge is 0.309 e. The van der Waals surface area contributed by atoms with Crippen LogP contribution in [0.3, 0.4) is 0 Å². The van der Waals surface area contributed by atoms with Gasteiger partial charge in [0.25, 0.3) is 0 Å². The molecule has 0 fully saturated rings. The third-order valence-electron chi connectivity index (χ3n) is 11.3. The number of hydrogen-bond acceptors (Lipinski definition) is 4. The van der Waals surface area contributed by atoms with Gasteiger partial charge in [0.2, 0.25) is 0 Å². The molecule has 0 spiro atoms. The van der Waals surface area contributed by atoms with Crippen molar-refractivity contribution >= 4 is 64.1 Å². The van der Waals surface area contributed by atoms with Gasteiger partial charge in [-0.15, -0.1) is 11.3 Å². The molecule has 0 saturated carbocycles. The van der Waals surface area contributed by atoms with E-state index in [1.807, 2.05) is 48.5 Å². The predicted molar refractivity (Wildman–Crippen MR) is 252 cm³/mol. The minimum Gasteiger partial charge on any atom is -0.309 e. The SMILES string of the molecule is [2H]c1c([2H])c([2H])c(-c2nc(-c3ccc4ccccc4c3)nc(-c3cc(-n4c5ccccc5c5ccccc54)cc4c3sc3cccc(-c5cccc(-c6ccccc6)c5)c34)n2)c([2H])c1[2H]. The lowest BCUT2D eigenvalue weighted by Crippen LogP contribution is -2.01. The molecular weight excluding hydrogens is 749 g/mol. The van der Waals surface area contributed by atoms with E-state index in [4.69, 9.17) is 21.8 Å². The van der Waals surface area contributed by atoms with Gasteiger partial charge in [-0.05, 0) is 75.5 Å². The zero-order valence-electron chi connectivity index (χ0n) is 36.9. The highest BCUT2D eigenvalue weighted by molar-refractivity contribution is 7.26. The van der Waals surface area contributed by atoms with E-state index in [1.165, 1.54) is 0 Å². The fraction of sp³-hybridized carbons (Fsp3) is 0. The molecular formula is C55H34N4S. The van der Waals surface area contributed by atoms with Crippen LogP contribution in [0.1, 0.15) is 6.85 Å². The van der Waals surface area contributed by atoms with Crippen LogP contribution in [0.25, 0.3) is 115 Å². The van der Waals surface area contributed by atoms with Gasteiger partial charge in [-0.2, -0.15) is 0 Å². The van der Waals surface area contributed by atoms with Crippen LogP contribution in [0.5, 0.6) is 0 Å². The maximum atomic E-state index is 9.02. The molecule has 0 bridgehead atoms. The van der Waals surface area contributed by atoms with Crippen molar-refractivity contribution in [3.05, 3.63) is 206 Å². The maximum absolute atomic E-state index is 9.02. The number of nitrogens with zero attached hydrogens (tertiary/aromatic N) is 4. The molecule has 3 heterocycles. The topological polar surface area (TPSA) is 43.6 Å². The summed E-state index contributed by atoms with van der Waals surface area (Å²) in [6, 6.07) is 58.6. The molecule has 0 amide bonds. The first-order valence-corrected chi connectivity index (χ1v) is 20.6. The number of benzene rings is 9. The molecule has 0 aliphatic rings. The van der Waals surface area contributed by atoms with Crippen molar-refractivity contribution in [2.24, 2.45) is 0 Å². The Morgan fingerprint density at radius 3 is 1.87 bits per heavy atom. The summed E-state index contributed by atoms with van der Waals surface area (Å²) in [5.74, 6) is 0.624.